The second-order valence-corrected chi connectivity index (χ2v) is 5.36. The zero-order valence-electron chi connectivity index (χ0n) is 11.7. The van der Waals surface area contributed by atoms with Crippen molar-refractivity contribution >= 4 is 21.7 Å². The van der Waals surface area contributed by atoms with Gasteiger partial charge in [-0.05, 0) is 35.9 Å². The molecule has 21 heavy (non-hydrogen) atoms. The lowest BCUT2D eigenvalue weighted by molar-refractivity contribution is 0.0990. The Morgan fingerprint density at radius 2 is 1.90 bits per heavy atom. The van der Waals surface area contributed by atoms with Crippen LogP contribution in [0.15, 0.2) is 40.9 Å². The van der Waals surface area contributed by atoms with Gasteiger partial charge in [0.15, 0.2) is 5.78 Å². The molecule has 0 atom stereocenters. The summed E-state index contributed by atoms with van der Waals surface area (Å²) in [5.41, 5.74) is 1.04. The molecule has 0 unspecified atom stereocenters. The van der Waals surface area contributed by atoms with Gasteiger partial charge >= 0.3 is 0 Å². The van der Waals surface area contributed by atoms with Crippen LogP contribution in [0.4, 0.5) is 4.39 Å². The molecular weight excluding hydrogens is 339 g/mol. The summed E-state index contributed by atoms with van der Waals surface area (Å²) >= 11 is 3.21. The third kappa shape index (κ3) is 3.82. The van der Waals surface area contributed by atoms with Crippen molar-refractivity contribution in [1.82, 2.24) is 0 Å². The highest BCUT2D eigenvalue weighted by Crippen LogP contribution is 2.26. The van der Waals surface area contributed by atoms with Crippen molar-refractivity contribution < 1.29 is 18.7 Å². The van der Waals surface area contributed by atoms with E-state index in [2.05, 4.69) is 15.9 Å². The number of rotatable bonds is 5. The van der Waals surface area contributed by atoms with E-state index >= 15 is 0 Å². The maximum atomic E-state index is 13.3. The van der Waals surface area contributed by atoms with E-state index in [9.17, 15) is 9.18 Å². The lowest BCUT2D eigenvalue weighted by atomic mass is 10.0. The zero-order valence-corrected chi connectivity index (χ0v) is 13.2. The van der Waals surface area contributed by atoms with E-state index in [4.69, 9.17) is 9.47 Å². The summed E-state index contributed by atoms with van der Waals surface area (Å²) < 4.78 is 24.3. The van der Waals surface area contributed by atoms with E-state index in [0.29, 0.717) is 27.1 Å². The molecule has 110 valence electrons. The van der Waals surface area contributed by atoms with E-state index in [0.717, 1.165) is 0 Å². The third-order valence-electron chi connectivity index (χ3n) is 3.00. The second kappa shape index (κ2) is 6.72. The Morgan fingerprint density at radius 1 is 1.14 bits per heavy atom. The van der Waals surface area contributed by atoms with E-state index in [1.807, 2.05) is 0 Å². The number of ether oxygens (including phenoxy) is 2. The first-order chi connectivity index (χ1) is 10.0. The first-order valence-electron chi connectivity index (χ1n) is 6.23. The van der Waals surface area contributed by atoms with Crippen LogP contribution in [0.3, 0.4) is 0 Å². The van der Waals surface area contributed by atoms with Crippen molar-refractivity contribution in [3.05, 3.63) is 57.8 Å². The number of carbonyl (C=O) groups excluding carboxylic acids is 1. The average molecular weight is 353 g/mol. The van der Waals surface area contributed by atoms with Gasteiger partial charge in [0.1, 0.15) is 17.3 Å². The fraction of sp³-hybridized carbons (Fsp3) is 0.188. The van der Waals surface area contributed by atoms with E-state index in [1.54, 1.807) is 31.4 Å². The Labute approximate surface area is 130 Å². The van der Waals surface area contributed by atoms with Crippen molar-refractivity contribution in [3.63, 3.8) is 0 Å². The number of hydrogen-bond acceptors (Lipinski definition) is 3. The van der Waals surface area contributed by atoms with Crippen LogP contribution in [-0.4, -0.2) is 20.0 Å². The van der Waals surface area contributed by atoms with Crippen LogP contribution >= 0.6 is 15.9 Å². The molecule has 0 fully saturated rings. The Balaban J connectivity index is 2.27. The third-order valence-corrected chi connectivity index (χ3v) is 3.45. The summed E-state index contributed by atoms with van der Waals surface area (Å²) in [6.45, 7) is 0. The van der Waals surface area contributed by atoms with E-state index in [1.165, 1.54) is 19.2 Å². The molecular formula is C16H14BrFO3. The fourth-order valence-corrected chi connectivity index (χ4v) is 2.54. The van der Waals surface area contributed by atoms with Crippen molar-refractivity contribution in [2.75, 3.05) is 14.2 Å². The molecule has 2 rings (SSSR count). The molecule has 2 aromatic carbocycles. The molecule has 0 amide bonds. The minimum atomic E-state index is -0.381. The van der Waals surface area contributed by atoms with Gasteiger partial charge in [0.05, 0.1) is 19.8 Å². The molecule has 0 aliphatic rings. The molecule has 3 nitrogen and oxygen atoms in total. The summed E-state index contributed by atoms with van der Waals surface area (Å²) in [5, 5.41) is 0. The van der Waals surface area contributed by atoms with Gasteiger partial charge in [-0.1, -0.05) is 15.9 Å². The fourth-order valence-electron chi connectivity index (χ4n) is 2.02. The Hall–Kier alpha value is -1.88. The van der Waals surface area contributed by atoms with Crippen LogP contribution in [0.2, 0.25) is 0 Å². The quantitative estimate of drug-likeness (QED) is 0.762. The summed E-state index contributed by atoms with van der Waals surface area (Å²) in [7, 11) is 3.03. The maximum absolute atomic E-state index is 13.3. The van der Waals surface area contributed by atoms with E-state index in [-0.39, 0.29) is 18.0 Å². The largest absolute Gasteiger partial charge is 0.497 e. The standard InChI is InChI=1S/C16H14BrFO3/c1-20-13-3-4-14(16(9-13)21-2)15(19)7-10-5-11(17)8-12(18)6-10/h3-6,8-9H,7H2,1-2H3. The van der Waals surface area contributed by atoms with Crippen LogP contribution in [0, 0.1) is 5.82 Å². The van der Waals surface area contributed by atoms with Gasteiger partial charge in [0.2, 0.25) is 0 Å². The number of halogens is 2. The summed E-state index contributed by atoms with van der Waals surface area (Å²) in [6, 6.07) is 9.40. The second-order valence-electron chi connectivity index (χ2n) is 4.44. The first kappa shape index (κ1) is 15.5. The van der Waals surface area contributed by atoms with E-state index < -0.39 is 0 Å². The highest BCUT2D eigenvalue weighted by Gasteiger charge is 2.14. The summed E-state index contributed by atoms with van der Waals surface area (Å²) in [6.07, 6.45) is 0.0963. The van der Waals surface area contributed by atoms with Crippen molar-refractivity contribution in [3.8, 4) is 11.5 Å². The summed E-state index contributed by atoms with van der Waals surface area (Å²) in [4.78, 5) is 12.4. The first-order valence-corrected chi connectivity index (χ1v) is 7.03. The van der Waals surface area contributed by atoms with Gasteiger partial charge in [0.25, 0.3) is 0 Å². The number of methoxy groups -OCH3 is 2. The summed E-state index contributed by atoms with van der Waals surface area (Å²) in [5.74, 6) is 0.521. The number of ketones is 1. The molecule has 0 saturated carbocycles. The average Bonchev–Trinajstić information content (AvgIpc) is 2.45. The molecule has 0 bridgehead atoms. The highest BCUT2D eigenvalue weighted by atomic mass is 79.9. The molecule has 0 aliphatic carbocycles. The predicted molar refractivity (Wildman–Crippen MR) is 81.7 cm³/mol. The minimum absolute atomic E-state index is 0.0963. The van der Waals surface area contributed by atoms with Crippen LogP contribution in [0.1, 0.15) is 15.9 Å². The molecule has 0 saturated heterocycles. The highest BCUT2D eigenvalue weighted by molar-refractivity contribution is 9.10. The zero-order chi connectivity index (χ0) is 15.4. The maximum Gasteiger partial charge on any atom is 0.170 e. The monoisotopic (exact) mass is 352 g/mol. The molecule has 0 heterocycles. The minimum Gasteiger partial charge on any atom is -0.497 e. The Bertz CT molecular complexity index is 650. The Morgan fingerprint density at radius 3 is 2.52 bits per heavy atom. The molecule has 0 aliphatic heterocycles. The van der Waals surface area contributed by atoms with Gasteiger partial charge in [-0.25, -0.2) is 4.39 Å². The van der Waals surface area contributed by atoms with Gasteiger partial charge in [-0.15, -0.1) is 0 Å². The smallest absolute Gasteiger partial charge is 0.170 e. The van der Waals surface area contributed by atoms with Crippen molar-refractivity contribution in [1.29, 1.82) is 0 Å². The Kier molecular flexibility index (Phi) is 4.96. The van der Waals surface area contributed by atoms with Crippen LogP contribution < -0.4 is 9.47 Å². The molecule has 0 N–H and O–H groups in total. The number of hydrogen-bond donors (Lipinski definition) is 0. The number of Topliss-reactive ketones (excluding diaryl/α,β-unsaturated/α-hetero) is 1. The molecule has 2 aromatic rings. The van der Waals surface area contributed by atoms with Gasteiger partial charge in [-0.2, -0.15) is 0 Å². The topological polar surface area (TPSA) is 35.5 Å². The normalized spacial score (nSPS) is 10.3. The SMILES string of the molecule is COc1ccc(C(=O)Cc2cc(F)cc(Br)c2)c(OC)c1. The van der Waals surface area contributed by atoms with Crippen LogP contribution in [0.25, 0.3) is 0 Å². The van der Waals surface area contributed by atoms with Crippen LogP contribution in [-0.2, 0) is 6.42 Å². The molecule has 0 spiro atoms. The van der Waals surface area contributed by atoms with Gasteiger partial charge < -0.3 is 9.47 Å². The lowest BCUT2D eigenvalue weighted by Gasteiger charge is -2.10. The predicted octanol–water partition coefficient (Wildman–Crippen LogP) is 4.03. The van der Waals surface area contributed by atoms with Gasteiger partial charge in [-0.3, -0.25) is 4.79 Å². The molecule has 0 radical (unpaired) electrons. The van der Waals surface area contributed by atoms with Gasteiger partial charge in [0, 0.05) is 17.0 Å². The van der Waals surface area contributed by atoms with Crippen LogP contribution in [0.5, 0.6) is 11.5 Å². The molecule has 5 heteroatoms. The number of benzene rings is 2. The van der Waals surface area contributed by atoms with Crippen molar-refractivity contribution in [2.24, 2.45) is 0 Å². The molecule has 0 aromatic heterocycles. The number of carbonyl (C=O) groups is 1. The van der Waals surface area contributed by atoms with Crippen molar-refractivity contribution in [2.45, 2.75) is 6.42 Å². The lowest BCUT2D eigenvalue weighted by Crippen LogP contribution is -2.06.